The summed E-state index contributed by atoms with van der Waals surface area (Å²) in [5.41, 5.74) is 1.48. The van der Waals surface area contributed by atoms with Crippen molar-refractivity contribution in [1.82, 2.24) is 4.57 Å². The summed E-state index contributed by atoms with van der Waals surface area (Å²) in [6.07, 6.45) is 2.02. The molecule has 1 saturated carbocycles. The Morgan fingerprint density at radius 3 is 2.44 bits per heavy atom. The van der Waals surface area contributed by atoms with Crippen molar-refractivity contribution in [3.8, 4) is 28.5 Å². The summed E-state index contributed by atoms with van der Waals surface area (Å²) in [4.78, 5) is 24.6. The van der Waals surface area contributed by atoms with Crippen LogP contribution in [-0.4, -0.2) is 29.9 Å². The number of aromatic nitrogens is 1. The van der Waals surface area contributed by atoms with E-state index in [2.05, 4.69) is 0 Å². The highest BCUT2D eigenvalue weighted by Crippen LogP contribution is 2.50. The Labute approximate surface area is 156 Å². The maximum Gasteiger partial charge on any atom is 0.341 e. The molecule has 27 heavy (non-hydrogen) atoms. The number of nitrogens with zero attached hydrogens (tertiary/aromatic N) is 1. The number of carbonyl (C=O) groups is 1. The third-order valence-corrected chi connectivity index (χ3v) is 5.13. The summed E-state index contributed by atoms with van der Waals surface area (Å²) in [6, 6.07) is 5.03. The Kier molecular flexibility index (Phi) is 4.09. The van der Waals surface area contributed by atoms with Gasteiger partial charge in [0.25, 0.3) is 5.56 Å². The first-order chi connectivity index (χ1) is 13.0. The predicted molar refractivity (Wildman–Crippen MR) is 98.1 cm³/mol. The second-order valence-electron chi connectivity index (χ2n) is 6.79. The molecule has 1 atom stereocenters. The van der Waals surface area contributed by atoms with E-state index < -0.39 is 11.5 Å². The molecule has 4 rings (SSSR count). The highest BCUT2D eigenvalue weighted by Gasteiger charge is 2.36. The molecule has 2 heterocycles. The molecule has 1 unspecified atom stereocenters. The Morgan fingerprint density at radius 1 is 1.22 bits per heavy atom. The summed E-state index contributed by atoms with van der Waals surface area (Å²) in [5, 5.41) is 9.51. The van der Waals surface area contributed by atoms with Crippen molar-refractivity contribution in [3.63, 3.8) is 0 Å². The Hall–Kier alpha value is -2.96. The Balaban J connectivity index is 2.07. The molecule has 1 fully saturated rings. The summed E-state index contributed by atoms with van der Waals surface area (Å²) < 4.78 is 18.6. The summed E-state index contributed by atoms with van der Waals surface area (Å²) in [7, 11) is 3.10. The van der Waals surface area contributed by atoms with Crippen LogP contribution >= 0.6 is 0 Å². The molecule has 1 aliphatic carbocycles. The standard InChI is InChI=1S/C20H21NO6/c1-4-14-11-7-13(20(23)24)19(22)21(10-5-6-10)18(11)12-8-16(25-2)17(26-3)9-15(12)27-14/h7-10,14H,4-6H2,1-3H3,(H,23,24). The zero-order chi connectivity index (χ0) is 19.3. The molecule has 2 aromatic rings. The minimum absolute atomic E-state index is 0.0158. The van der Waals surface area contributed by atoms with Crippen molar-refractivity contribution in [1.29, 1.82) is 0 Å². The van der Waals surface area contributed by atoms with Gasteiger partial charge in [-0.15, -0.1) is 0 Å². The second-order valence-corrected chi connectivity index (χ2v) is 6.79. The first-order valence-electron chi connectivity index (χ1n) is 8.95. The molecule has 1 aromatic carbocycles. The van der Waals surface area contributed by atoms with Crippen LogP contribution in [0.25, 0.3) is 11.3 Å². The molecule has 0 radical (unpaired) electrons. The largest absolute Gasteiger partial charge is 0.493 e. The van der Waals surface area contributed by atoms with Gasteiger partial charge in [0.15, 0.2) is 11.5 Å². The number of fused-ring (bicyclic) bond motifs is 3. The van der Waals surface area contributed by atoms with Gasteiger partial charge in [-0.05, 0) is 31.4 Å². The van der Waals surface area contributed by atoms with Crippen LogP contribution in [0.4, 0.5) is 0 Å². The molecule has 142 valence electrons. The molecule has 7 heteroatoms. The average Bonchev–Trinajstić information content (AvgIpc) is 3.50. The second kappa shape index (κ2) is 6.33. The molecule has 7 nitrogen and oxygen atoms in total. The first kappa shape index (κ1) is 17.5. The lowest BCUT2D eigenvalue weighted by atomic mass is 9.93. The summed E-state index contributed by atoms with van der Waals surface area (Å²) in [5.74, 6) is 0.448. The van der Waals surface area contributed by atoms with E-state index >= 15 is 0 Å². The molecule has 0 saturated heterocycles. The quantitative estimate of drug-likeness (QED) is 0.867. The number of rotatable bonds is 5. The van der Waals surface area contributed by atoms with Gasteiger partial charge in [0.2, 0.25) is 0 Å². The fraction of sp³-hybridized carbons (Fsp3) is 0.400. The number of carboxylic acid groups (broad SMARTS) is 1. The van der Waals surface area contributed by atoms with Gasteiger partial charge in [-0.1, -0.05) is 6.92 Å². The molecule has 1 N–H and O–H groups in total. The van der Waals surface area contributed by atoms with Crippen LogP contribution in [0, 0.1) is 0 Å². The van der Waals surface area contributed by atoms with Crippen LogP contribution in [0.5, 0.6) is 17.2 Å². The number of benzene rings is 1. The van der Waals surface area contributed by atoms with Gasteiger partial charge in [-0.3, -0.25) is 4.79 Å². The molecule has 1 aliphatic heterocycles. The summed E-state index contributed by atoms with van der Waals surface area (Å²) >= 11 is 0. The fourth-order valence-corrected chi connectivity index (χ4v) is 3.68. The van der Waals surface area contributed by atoms with Crippen LogP contribution in [0.2, 0.25) is 0 Å². The average molecular weight is 371 g/mol. The molecular formula is C20H21NO6. The zero-order valence-corrected chi connectivity index (χ0v) is 15.4. The van der Waals surface area contributed by atoms with Gasteiger partial charge in [0, 0.05) is 23.2 Å². The van der Waals surface area contributed by atoms with E-state index in [1.807, 2.05) is 6.92 Å². The lowest BCUT2D eigenvalue weighted by molar-refractivity contribution is 0.0693. The molecule has 1 aromatic heterocycles. The highest BCUT2D eigenvalue weighted by molar-refractivity contribution is 5.89. The maximum atomic E-state index is 12.9. The van der Waals surface area contributed by atoms with Crippen molar-refractivity contribution in [2.75, 3.05) is 14.2 Å². The van der Waals surface area contributed by atoms with E-state index in [1.54, 1.807) is 30.9 Å². The van der Waals surface area contributed by atoms with Crippen molar-refractivity contribution in [2.24, 2.45) is 0 Å². The van der Waals surface area contributed by atoms with Crippen molar-refractivity contribution >= 4 is 5.97 Å². The van der Waals surface area contributed by atoms with Gasteiger partial charge in [-0.25, -0.2) is 4.79 Å². The predicted octanol–water partition coefficient (Wildman–Crippen LogP) is 3.41. The normalized spacial score (nSPS) is 17.5. The summed E-state index contributed by atoms with van der Waals surface area (Å²) in [6.45, 7) is 1.97. The lowest BCUT2D eigenvalue weighted by Gasteiger charge is -2.31. The monoisotopic (exact) mass is 371 g/mol. The lowest BCUT2D eigenvalue weighted by Crippen LogP contribution is -2.31. The third-order valence-electron chi connectivity index (χ3n) is 5.13. The number of ether oxygens (including phenoxy) is 3. The van der Waals surface area contributed by atoms with Gasteiger partial charge in [0.05, 0.1) is 19.9 Å². The smallest absolute Gasteiger partial charge is 0.341 e. The van der Waals surface area contributed by atoms with E-state index in [4.69, 9.17) is 14.2 Å². The van der Waals surface area contributed by atoms with Crippen molar-refractivity contribution < 1.29 is 24.1 Å². The van der Waals surface area contributed by atoms with Crippen LogP contribution in [-0.2, 0) is 0 Å². The number of carboxylic acids is 1. The maximum absolute atomic E-state index is 12.9. The van der Waals surface area contributed by atoms with Gasteiger partial charge < -0.3 is 23.9 Å². The molecule has 2 aliphatic rings. The van der Waals surface area contributed by atoms with E-state index in [9.17, 15) is 14.7 Å². The minimum Gasteiger partial charge on any atom is -0.493 e. The first-order valence-corrected chi connectivity index (χ1v) is 8.95. The Morgan fingerprint density at radius 2 is 1.89 bits per heavy atom. The van der Waals surface area contributed by atoms with E-state index in [0.29, 0.717) is 29.2 Å². The topological polar surface area (TPSA) is 87.0 Å². The molecule has 0 bridgehead atoms. The number of hydrogen-bond acceptors (Lipinski definition) is 5. The van der Waals surface area contributed by atoms with Crippen molar-refractivity contribution in [3.05, 3.63) is 39.7 Å². The minimum atomic E-state index is -1.22. The van der Waals surface area contributed by atoms with E-state index in [0.717, 1.165) is 24.1 Å². The van der Waals surface area contributed by atoms with Gasteiger partial charge >= 0.3 is 5.97 Å². The van der Waals surface area contributed by atoms with Crippen molar-refractivity contribution in [2.45, 2.75) is 38.3 Å². The fourth-order valence-electron chi connectivity index (χ4n) is 3.68. The van der Waals surface area contributed by atoms with Gasteiger partial charge in [0.1, 0.15) is 17.4 Å². The van der Waals surface area contributed by atoms with Crippen LogP contribution in [0.1, 0.15) is 54.3 Å². The molecule has 0 amide bonds. The number of pyridine rings is 1. The molecule has 0 spiro atoms. The number of hydrogen-bond donors (Lipinski definition) is 1. The van der Waals surface area contributed by atoms with Gasteiger partial charge in [-0.2, -0.15) is 0 Å². The van der Waals surface area contributed by atoms with Crippen LogP contribution in [0.15, 0.2) is 23.0 Å². The third kappa shape index (κ3) is 2.65. The Bertz CT molecular complexity index is 989. The van der Waals surface area contributed by atoms with E-state index in [-0.39, 0.29) is 17.7 Å². The number of aromatic carboxylic acids is 1. The molecular weight excluding hydrogens is 350 g/mol. The highest BCUT2D eigenvalue weighted by atomic mass is 16.5. The van der Waals surface area contributed by atoms with Crippen LogP contribution in [0.3, 0.4) is 0 Å². The SMILES string of the molecule is CCC1Oc2cc(OC)c(OC)cc2-c2c1cc(C(=O)O)c(=O)n2C1CC1. The van der Waals surface area contributed by atoms with E-state index in [1.165, 1.54) is 6.07 Å². The zero-order valence-electron chi connectivity index (χ0n) is 15.4. The number of methoxy groups -OCH3 is 2. The van der Waals surface area contributed by atoms with Crippen LogP contribution < -0.4 is 19.8 Å².